The largest absolute Gasteiger partial charge is 0.453 e. The number of allylic oxidation sites excluding steroid dienone is 1. The van der Waals surface area contributed by atoms with Gasteiger partial charge >= 0.3 is 18.2 Å². The molecule has 1 aromatic carbocycles. The van der Waals surface area contributed by atoms with Crippen LogP contribution in [0.3, 0.4) is 0 Å². The summed E-state index contributed by atoms with van der Waals surface area (Å²) in [5.41, 5.74) is 1.09. The van der Waals surface area contributed by atoms with E-state index in [1.54, 1.807) is 24.3 Å². The molecule has 0 fully saturated rings. The van der Waals surface area contributed by atoms with Crippen molar-refractivity contribution in [1.29, 1.82) is 0 Å². The second kappa shape index (κ2) is 8.38. The molecule has 8 nitrogen and oxygen atoms in total. The van der Waals surface area contributed by atoms with Gasteiger partial charge in [-0.1, -0.05) is 12.1 Å². The lowest BCUT2D eigenvalue weighted by molar-refractivity contribution is 0.0315. The van der Waals surface area contributed by atoms with E-state index in [1.807, 2.05) is 33.8 Å². The number of nitrogens with one attached hydrogen (secondary N) is 2. The molecule has 1 aliphatic heterocycles. The van der Waals surface area contributed by atoms with Gasteiger partial charge in [-0.15, -0.1) is 0 Å². The number of amides is 2. The highest BCUT2D eigenvalue weighted by atomic mass is 16.6. The second-order valence-corrected chi connectivity index (χ2v) is 7.45. The summed E-state index contributed by atoms with van der Waals surface area (Å²) in [5.74, 6) is -0.191. The Morgan fingerprint density at radius 1 is 1.03 bits per heavy atom. The third kappa shape index (κ3) is 4.96. The maximum Gasteiger partial charge on any atom is 0.412 e. The zero-order valence-corrected chi connectivity index (χ0v) is 16.7. The Hall–Kier alpha value is -3.29. The van der Waals surface area contributed by atoms with Crippen molar-refractivity contribution in [2.75, 3.05) is 0 Å². The fraction of sp³-hybridized carbons (Fsp3) is 0.381. The standard InChI is InChI=1S/C21H24N2O6/c1-11(2)22-20(25)27-13-5-7-15-16-8-6-14(28-21(26)23-12(3)4)10-18(16)29-19(24)17(15)9-13/h5-12,16,18H,1-4H3,(H,22,25)(H,23,26). The zero-order chi connectivity index (χ0) is 21.1. The summed E-state index contributed by atoms with van der Waals surface area (Å²) in [6.45, 7) is 7.29. The lowest BCUT2D eigenvalue weighted by Gasteiger charge is -2.31. The number of benzene rings is 1. The van der Waals surface area contributed by atoms with Crippen molar-refractivity contribution in [3.05, 3.63) is 53.3 Å². The maximum absolute atomic E-state index is 12.5. The van der Waals surface area contributed by atoms with Crippen molar-refractivity contribution in [2.45, 2.75) is 51.8 Å². The van der Waals surface area contributed by atoms with Gasteiger partial charge in [-0.05, 0) is 57.5 Å². The maximum atomic E-state index is 12.5. The molecule has 1 aliphatic carbocycles. The number of hydrogen-bond acceptors (Lipinski definition) is 6. The van der Waals surface area contributed by atoms with Crippen molar-refractivity contribution < 1.29 is 28.6 Å². The van der Waals surface area contributed by atoms with Gasteiger partial charge in [0, 0.05) is 18.0 Å². The quantitative estimate of drug-likeness (QED) is 0.751. The Bertz CT molecular complexity index is 887. The molecule has 8 heteroatoms. The molecule has 0 bridgehead atoms. The molecule has 2 N–H and O–H groups in total. The fourth-order valence-corrected chi connectivity index (χ4v) is 3.08. The number of hydrogen-bond donors (Lipinski definition) is 2. The minimum absolute atomic E-state index is 0.0539. The van der Waals surface area contributed by atoms with E-state index in [-0.39, 0.29) is 23.8 Å². The molecule has 1 heterocycles. The third-order valence-electron chi connectivity index (χ3n) is 4.23. The summed E-state index contributed by atoms with van der Waals surface area (Å²) < 4.78 is 16.0. The van der Waals surface area contributed by atoms with Crippen LogP contribution in [0, 0.1) is 0 Å². The highest BCUT2D eigenvalue weighted by molar-refractivity contribution is 5.94. The fourth-order valence-electron chi connectivity index (χ4n) is 3.08. The molecule has 0 spiro atoms. The molecule has 0 radical (unpaired) electrons. The summed E-state index contributed by atoms with van der Waals surface area (Å²) in [5, 5.41) is 5.25. The lowest BCUT2D eigenvalue weighted by atomic mass is 9.84. The molecule has 2 unspecified atom stereocenters. The Balaban J connectivity index is 1.75. The van der Waals surface area contributed by atoms with Crippen LogP contribution in [0.2, 0.25) is 0 Å². The van der Waals surface area contributed by atoms with Gasteiger partial charge in [0.15, 0.2) is 0 Å². The van der Waals surface area contributed by atoms with Crippen LogP contribution < -0.4 is 15.4 Å². The Kier molecular flexibility index (Phi) is 5.91. The third-order valence-corrected chi connectivity index (χ3v) is 4.23. The first-order chi connectivity index (χ1) is 13.7. The summed E-state index contributed by atoms with van der Waals surface area (Å²) in [4.78, 5) is 36.0. The molecule has 29 heavy (non-hydrogen) atoms. The number of fused-ring (bicyclic) bond motifs is 3. The van der Waals surface area contributed by atoms with E-state index in [4.69, 9.17) is 14.2 Å². The normalized spacial score (nSPS) is 19.7. The van der Waals surface area contributed by atoms with Crippen LogP contribution in [-0.4, -0.2) is 36.3 Å². The minimum atomic E-state index is -0.594. The lowest BCUT2D eigenvalue weighted by Crippen LogP contribution is -2.34. The molecule has 0 saturated carbocycles. The van der Waals surface area contributed by atoms with Gasteiger partial charge in [-0.3, -0.25) is 0 Å². The van der Waals surface area contributed by atoms with Crippen LogP contribution in [-0.2, 0) is 9.47 Å². The van der Waals surface area contributed by atoms with E-state index in [1.165, 1.54) is 6.07 Å². The number of rotatable bonds is 4. The number of carbonyl (C=O) groups excluding carboxylic acids is 3. The van der Waals surface area contributed by atoms with Gasteiger partial charge in [-0.2, -0.15) is 0 Å². The van der Waals surface area contributed by atoms with E-state index in [2.05, 4.69) is 10.6 Å². The van der Waals surface area contributed by atoms with Gasteiger partial charge in [0.1, 0.15) is 17.6 Å². The molecule has 2 aliphatic rings. The van der Waals surface area contributed by atoms with Gasteiger partial charge in [0.2, 0.25) is 0 Å². The van der Waals surface area contributed by atoms with Gasteiger partial charge < -0.3 is 24.8 Å². The van der Waals surface area contributed by atoms with Crippen molar-refractivity contribution in [3.8, 4) is 5.75 Å². The second-order valence-electron chi connectivity index (χ2n) is 7.45. The van der Waals surface area contributed by atoms with Crippen LogP contribution in [0.25, 0.3) is 0 Å². The number of ether oxygens (including phenoxy) is 3. The van der Waals surface area contributed by atoms with E-state index in [9.17, 15) is 14.4 Å². The van der Waals surface area contributed by atoms with E-state index in [0.29, 0.717) is 11.3 Å². The molecule has 1 aromatic rings. The molecule has 0 aromatic heterocycles. The van der Waals surface area contributed by atoms with Crippen LogP contribution in [0.4, 0.5) is 9.59 Å². The Morgan fingerprint density at radius 2 is 1.69 bits per heavy atom. The summed E-state index contributed by atoms with van der Waals surface area (Å²) in [7, 11) is 0. The summed E-state index contributed by atoms with van der Waals surface area (Å²) >= 11 is 0. The predicted octanol–water partition coefficient (Wildman–Crippen LogP) is 3.39. The number of carbonyl (C=O) groups is 3. The van der Waals surface area contributed by atoms with E-state index >= 15 is 0 Å². The molecule has 2 amide bonds. The first kappa shape index (κ1) is 20.4. The van der Waals surface area contributed by atoms with Crippen LogP contribution >= 0.6 is 0 Å². The van der Waals surface area contributed by atoms with Crippen molar-refractivity contribution >= 4 is 18.2 Å². The molecular weight excluding hydrogens is 376 g/mol. The van der Waals surface area contributed by atoms with Crippen molar-refractivity contribution in [1.82, 2.24) is 10.6 Å². The minimum Gasteiger partial charge on any atom is -0.453 e. The highest BCUT2D eigenvalue weighted by Gasteiger charge is 2.35. The van der Waals surface area contributed by atoms with Gasteiger partial charge in [0.05, 0.1) is 5.56 Å². The van der Waals surface area contributed by atoms with Crippen molar-refractivity contribution in [2.24, 2.45) is 0 Å². The monoisotopic (exact) mass is 400 g/mol. The first-order valence-corrected chi connectivity index (χ1v) is 9.44. The van der Waals surface area contributed by atoms with Crippen LogP contribution in [0.5, 0.6) is 5.75 Å². The average molecular weight is 400 g/mol. The highest BCUT2D eigenvalue weighted by Crippen LogP contribution is 2.37. The van der Waals surface area contributed by atoms with E-state index in [0.717, 1.165) is 5.56 Å². The Morgan fingerprint density at radius 3 is 2.34 bits per heavy atom. The predicted molar refractivity (Wildman–Crippen MR) is 105 cm³/mol. The number of esters is 1. The zero-order valence-electron chi connectivity index (χ0n) is 16.7. The van der Waals surface area contributed by atoms with Gasteiger partial charge in [-0.25, -0.2) is 14.4 Å². The Labute approximate surface area is 168 Å². The van der Waals surface area contributed by atoms with Crippen LogP contribution in [0.1, 0.15) is 49.5 Å². The topological polar surface area (TPSA) is 103 Å². The molecular formula is C21H24N2O6. The van der Waals surface area contributed by atoms with Crippen molar-refractivity contribution in [3.63, 3.8) is 0 Å². The summed E-state index contributed by atoms with van der Waals surface area (Å²) in [6, 6.07) is 4.74. The smallest absolute Gasteiger partial charge is 0.412 e. The molecule has 2 atom stereocenters. The van der Waals surface area contributed by atoms with E-state index < -0.39 is 24.3 Å². The van der Waals surface area contributed by atoms with Crippen LogP contribution in [0.15, 0.2) is 42.2 Å². The number of alkyl carbamates (subject to hydrolysis) is 1. The first-order valence-electron chi connectivity index (χ1n) is 9.44. The van der Waals surface area contributed by atoms with Gasteiger partial charge in [0.25, 0.3) is 0 Å². The SMILES string of the molecule is CC(C)NC(=O)OC1=CC2OC(=O)c3cc(OC(=O)NC(C)C)ccc3C2C=C1. The molecule has 154 valence electrons. The summed E-state index contributed by atoms with van der Waals surface area (Å²) in [6.07, 6.45) is 3.34. The average Bonchev–Trinajstić information content (AvgIpc) is 2.60. The molecule has 0 saturated heterocycles. The molecule has 3 rings (SSSR count).